The molecule has 1 aromatic rings. The largest absolute Gasteiger partial charge is 0.355 e. The van der Waals surface area contributed by atoms with Crippen molar-refractivity contribution in [1.82, 2.24) is 5.32 Å². The molecular weight excluding hydrogens is 355 g/mol. The first-order valence-electron chi connectivity index (χ1n) is 5.70. The number of anilines is 1. The van der Waals surface area contributed by atoms with Crippen LogP contribution in [0, 0.1) is 5.92 Å². The van der Waals surface area contributed by atoms with E-state index in [-0.39, 0.29) is 17.7 Å². The maximum Gasteiger partial charge on any atom is 0.229 e. The highest BCUT2D eigenvalue weighted by Crippen LogP contribution is 2.36. The van der Waals surface area contributed by atoms with Crippen LogP contribution in [0.4, 0.5) is 5.69 Å². The van der Waals surface area contributed by atoms with Crippen LogP contribution in [0.5, 0.6) is 0 Å². The van der Waals surface area contributed by atoms with Crippen LogP contribution in [0.2, 0.25) is 10.0 Å². The van der Waals surface area contributed by atoms with Gasteiger partial charge in [0.15, 0.2) is 0 Å². The maximum atomic E-state index is 12.0. The SMILES string of the molecule is O=C1CCC(C(=O)Nc2ccc(Br)c(Cl)c2Cl)CN1. The Bertz CT molecular complexity index is 527. The lowest BCUT2D eigenvalue weighted by Crippen LogP contribution is -2.40. The van der Waals surface area contributed by atoms with Crippen molar-refractivity contribution in [3.8, 4) is 0 Å². The molecule has 2 amide bonds. The molecule has 2 rings (SSSR count). The summed E-state index contributed by atoms with van der Waals surface area (Å²) in [6.45, 7) is 0.354. The molecule has 7 heteroatoms. The van der Waals surface area contributed by atoms with E-state index in [2.05, 4.69) is 26.6 Å². The van der Waals surface area contributed by atoms with Crippen molar-refractivity contribution in [1.29, 1.82) is 0 Å². The third-order valence-corrected chi connectivity index (χ3v) is 4.70. The van der Waals surface area contributed by atoms with Gasteiger partial charge in [-0.25, -0.2) is 0 Å². The van der Waals surface area contributed by atoms with E-state index in [1.54, 1.807) is 12.1 Å². The predicted molar refractivity (Wildman–Crippen MR) is 78.5 cm³/mol. The first-order chi connectivity index (χ1) is 8.99. The average Bonchev–Trinajstić information content (AvgIpc) is 2.40. The van der Waals surface area contributed by atoms with Crippen molar-refractivity contribution >= 4 is 56.6 Å². The molecule has 1 aromatic carbocycles. The summed E-state index contributed by atoms with van der Waals surface area (Å²) in [7, 11) is 0. The summed E-state index contributed by atoms with van der Waals surface area (Å²) in [5.74, 6) is -0.426. The van der Waals surface area contributed by atoms with Gasteiger partial charge in [0.1, 0.15) is 0 Å². The van der Waals surface area contributed by atoms with Gasteiger partial charge in [-0.05, 0) is 34.5 Å². The van der Waals surface area contributed by atoms with Gasteiger partial charge in [0, 0.05) is 17.4 Å². The smallest absolute Gasteiger partial charge is 0.229 e. The summed E-state index contributed by atoms with van der Waals surface area (Å²) >= 11 is 15.3. The van der Waals surface area contributed by atoms with E-state index in [9.17, 15) is 9.59 Å². The van der Waals surface area contributed by atoms with Crippen LogP contribution < -0.4 is 10.6 Å². The van der Waals surface area contributed by atoms with Gasteiger partial charge in [0.05, 0.1) is 21.7 Å². The molecule has 1 heterocycles. The number of halogens is 3. The lowest BCUT2D eigenvalue weighted by Gasteiger charge is -2.22. The number of rotatable bonds is 2. The van der Waals surface area contributed by atoms with Gasteiger partial charge < -0.3 is 10.6 Å². The summed E-state index contributed by atoms with van der Waals surface area (Å²) in [5, 5.41) is 6.06. The first-order valence-corrected chi connectivity index (χ1v) is 7.25. The molecule has 0 spiro atoms. The molecule has 4 nitrogen and oxygen atoms in total. The van der Waals surface area contributed by atoms with Crippen molar-refractivity contribution in [3.05, 3.63) is 26.7 Å². The molecule has 0 aliphatic carbocycles. The van der Waals surface area contributed by atoms with Crippen molar-refractivity contribution in [3.63, 3.8) is 0 Å². The van der Waals surface area contributed by atoms with Gasteiger partial charge in [-0.1, -0.05) is 23.2 Å². The van der Waals surface area contributed by atoms with Gasteiger partial charge in [0.25, 0.3) is 0 Å². The van der Waals surface area contributed by atoms with Crippen LogP contribution in [-0.2, 0) is 9.59 Å². The molecule has 0 aromatic heterocycles. The summed E-state index contributed by atoms with van der Waals surface area (Å²) in [6.07, 6.45) is 0.909. The zero-order valence-corrected chi connectivity index (χ0v) is 12.9. The van der Waals surface area contributed by atoms with Crippen molar-refractivity contribution in [2.24, 2.45) is 5.92 Å². The topological polar surface area (TPSA) is 58.2 Å². The minimum absolute atomic E-state index is 0.0197. The summed E-state index contributed by atoms with van der Waals surface area (Å²) < 4.78 is 0.669. The molecule has 1 aliphatic rings. The molecule has 19 heavy (non-hydrogen) atoms. The molecule has 1 fully saturated rings. The van der Waals surface area contributed by atoms with E-state index in [0.29, 0.717) is 39.6 Å². The number of nitrogens with one attached hydrogen (secondary N) is 2. The molecule has 1 atom stereocenters. The quantitative estimate of drug-likeness (QED) is 0.790. The fourth-order valence-electron chi connectivity index (χ4n) is 1.81. The van der Waals surface area contributed by atoms with Crippen LogP contribution >= 0.6 is 39.1 Å². The Hall–Kier alpha value is -0.780. The van der Waals surface area contributed by atoms with E-state index >= 15 is 0 Å². The van der Waals surface area contributed by atoms with Crippen LogP contribution in [0.1, 0.15) is 12.8 Å². The second-order valence-electron chi connectivity index (χ2n) is 4.25. The fourth-order valence-corrected chi connectivity index (χ4v) is 2.64. The van der Waals surface area contributed by atoms with Gasteiger partial charge in [-0.3, -0.25) is 9.59 Å². The Labute approximate surface area is 129 Å². The molecule has 1 aliphatic heterocycles. The number of carbonyl (C=O) groups is 2. The third-order valence-electron chi connectivity index (χ3n) is 2.93. The van der Waals surface area contributed by atoms with E-state index < -0.39 is 0 Å². The molecule has 2 N–H and O–H groups in total. The van der Waals surface area contributed by atoms with Gasteiger partial charge >= 0.3 is 0 Å². The van der Waals surface area contributed by atoms with E-state index in [1.165, 1.54) is 0 Å². The van der Waals surface area contributed by atoms with Crippen LogP contribution in [-0.4, -0.2) is 18.4 Å². The number of carbonyl (C=O) groups excluding carboxylic acids is 2. The Kier molecular flexibility index (Phi) is 4.71. The van der Waals surface area contributed by atoms with E-state index in [1.807, 2.05) is 0 Å². The molecule has 1 unspecified atom stereocenters. The first kappa shape index (κ1) is 14.6. The molecule has 1 saturated heterocycles. The van der Waals surface area contributed by atoms with Crippen molar-refractivity contribution in [2.45, 2.75) is 12.8 Å². The Morgan fingerprint density at radius 2 is 2.11 bits per heavy atom. The molecular formula is C12H11BrCl2N2O2. The minimum atomic E-state index is -0.240. The van der Waals surface area contributed by atoms with Crippen molar-refractivity contribution in [2.75, 3.05) is 11.9 Å². The normalized spacial score (nSPS) is 18.9. The Morgan fingerprint density at radius 1 is 1.37 bits per heavy atom. The number of hydrogen-bond acceptors (Lipinski definition) is 2. The fraction of sp³-hybridized carbons (Fsp3) is 0.333. The van der Waals surface area contributed by atoms with Crippen LogP contribution in [0.25, 0.3) is 0 Å². The number of amides is 2. The third kappa shape index (κ3) is 3.41. The monoisotopic (exact) mass is 364 g/mol. The standard InChI is InChI=1S/C12H11BrCl2N2O2/c13-7-2-3-8(11(15)10(7)14)17-12(19)6-1-4-9(18)16-5-6/h2-3,6H,1,4-5H2,(H,16,18)(H,17,19). The Balaban J connectivity index is 2.07. The number of benzene rings is 1. The van der Waals surface area contributed by atoms with Crippen LogP contribution in [0.3, 0.4) is 0 Å². The van der Waals surface area contributed by atoms with Crippen molar-refractivity contribution < 1.29 is 9.59 Å². The molecule has 102 valence electrons. The molecule has 0 radical (unpaired) electrons. The number of piperidine rings is 1. The summed E-state index contributed by atoms with van der Waals surface area (Å²) in [5.41, 5.74) is 0.469. The highest BCUT2D eigenvalue weighted by molar-refractivity contribution is 9.10. The van der Waals surface area contributed by atoms with Gasteiger partial charge in [-0.2, -0.15) is 0 Å². The van der Waals surface area contributed by atoms with Gasteiger partial charge in [-0.15, -0.1) is 0 Å². The molecule has 0 bridgehead atoms. The zero-order valence-electron chi connectivity index (χ0n) is 9.80. The lowest BCUT2D eigenvalue weighted by molar-refractivity contribution is -0.126. The molecule has 0 saturated carbocycles. The van der Waals surface area contributed by atoms with Crippen LogP contribution in [0.15, 0.2) is 16.6 Å². The number of hydrogen-bond donors (Lipinski definition) is 2. The lowest BCUT2D eigenvalue weighted by atomic mass is 9.98. The predicted octanol–water partition coefficient (Wildman–Crippen LogP) is 3.22. The van der Waals surface area contributed by atoms with E-state index in [4.69, 9.17) is 23.2 Å². The van der Waals surface area contributed by atoms with Gasteiger partial charge in [0.2, 0.25) is 11.8 Å². The highest BCUT2D eigenvalue weighted by atomic mass is 79.9. The second kappa shape index (κ2) is 6.11. The zero-order chi connectivity index (χ0) is 14.0. The average molecular weight is 366 g/mol. The second-order valence-corrected chi connectivity index (χ2v) is 5.86. The Morgan fingerprint density at radius 3 is 2.74 bits per heavy atom. The maximum absolute atomic E-state index is 12.0. The summed E-state index contributed by atoms with van der Waals surface area (Å²) in [4.78, 5) is 23.1. The van der Waals surface area contributed by atoms with E-state index in [0.717, 1.165) is 0 Å². The minimum Gasteiger partial charge on any atom is -0.355 e. The highest BCUT2D eigenvalue weighted by Gasteiger charge is 2.25. The summed E-state index contributed by atoms with van der Waals surface area (Å²) in [6, 6.07) is 3.39.